The van der Waals surface area contributed by atoms with Crippen LogP contribution in [-0.2, 0) is 0 Å². The molecule has 1 aliphatic heterocycles. The Kier molecular flexibility index (Phi) is 3.72. The molecule has 1 aliphatic rings. The number of aromatic nitrogens is 2. The number of hydrogen-bond acceptors (Lipinski definition) is 4. The lowest BCUT2D eigenvalue weighted by atomic mass is 9.95. The monoisotopic (exact) mass is 329 g/mol. The van der Waals surface area contributed by atoms with E-state index >= 15 is 0 Å². The van der Waals surface area contributed by atoms with Crippen molar-refractivity contribution in [1.82, 2.24) is 9.97 Å². The Morgan fingerprint density at radius 3 is 2.86 bits per heavy atom. The van der Waals surface area contributed by atoms with Crippen molar-refractivity contribution in [2.24, 2.45) is 0 Å². The third-order valence-electron chi connectivity index (χ3n) is 4.26. The normalized spacial score (nSPS) is 18.8. The van der Waals surface area contributed by atoms with Gasteiger partial charge < -0.3 is 4.90 Å². The van der Waals surface area contributed by atoms with Crippen LogP contribution in [-0.4, -0.2) is 16.5 Å². The molecule has 3 heterocycles. The second kappa shape index (κ2) is 5.86. The van der Waals surface area contributed by atoms with E-state index in [9.17, 15) is 0 Å². The molecule has 0 saturated carbocycles. The molecule has 0 radical (unpaired) electrons. The molecule has 4 rings (SSSR count). The van der Waals surface area contributed by atoms with Gasteiger partial charge in [0.1, 0.15) is 17.0 Å². The first-order chi connectivity index (χ1) is 10.8. The Morgan fingerprint density at radius 1 is 1.14 bits per heavy atom. The molecule has 1 atom stereocenters. The van der Waals surface area contributed by atoms with Gasteiger partial charge in [-0.05, 0) is 24.8 Å². The lowest BCUT2D eigenvalue weighted by Gasteiger charge is -2.37. The fourth-order valence-corrected chi connectivity index (χ4v) is 4.37. The molecule has 1 saturated heterocycles. The van der Waals surface area contributed by atoms with Gasteiger partial charge >= 0.3 is 0 Å². The number of benzene rings is 1. The Morgan fingerprint density at radius 2 is 2.00 bits per heavy atom. The molecule has 3 aromatic rings. The van der Waals surface area contributed by atoms with Gasteiger partial charge in [0, 0.05) is 11.9 Å². The van der Waals surface area contributed by atoms with Crippen LogP contribution in [0.25, 0.3) is 10.2 Å². The highest BCUT2D eigenvalue weighted by atomic mass is 35.5. The maximum absolute atomic E-state index is 6.39. The lowest BCUT2D eigenvalue weighted by molar-refractivity contribution is 0.470. The SMILES string of the molecule is Clc1csc2ncnc(N3CCCCC3c3ccccc3)c12. The molecule has 2 aromatic heterocycles. The molecule has 112 valence electrons. The largest absolute Gasteiger partial charge is 0.349 e. The average molecular weight is 330 g/mol. The Hall–Kier alpha value is -1.65. The van der Waals surface area contributed by atoms with Crippen LogP contribution >= 0.6 is 22.9 Å². The van der Waals surface area contributed by atoms with Gasteiger partial charge in [-0.25, -0.2) is 9.97 Å². The minimum Gasteiger partial charge on any atom is -0.349 e. The number of fused-ring (bicyclic) bond motifs is 1. The van der Waals surface area contributed by atoms with E-state index < -0.39 is 0 Å². The van der Waals surface area contributed by atoms with Gasteiger partial charge in [-0.1, -0.05) is 41.9 Å². The van der Waals surface area contributed by atoms with Crippen molar-refractivity contribution in [2.45, 2.75) is 25.3 Å². The molecule has 1 unspecified atom stereocenters. The number of thiophene rings is 1. The standard InChI is InChI=1S/C17H16ClN3S/c18-13-10-22-17-15(13)16(19-11-20-17)21-9-5-4-8-14(21)12-6-2-1-3-7-12/h1-3,6-7,10-11,14H,4-5,8-9H2. The van der Waals surface area contributed by atoms with Gasteiger partial charge in [0.15, 0.2) is 0 Å². The Labute approximate surface area is 138 Å². The summed E-state index contributed by atoms with van der Waals surface area (Å²) in [6, 6.07) is 11.1. The van der Waals surface area contributed by atoms with Crippen LogP contribution in [0.4, 0.5) is 5.82 Å². The first-order valence-electron chi connectivity index (χ1n) is 7.54. The fraction of sp³-hybridized carbons (Fsp3) is 0.294. The molecule has 1 aromatic carbocycles. The molecule has 3 nitrogen and oxygen atoms in total. The summed E-state index contributed by atoms with van der Waals surface area (Å²) in [6.07, 6.45) is 5.25. The molecular weight excluding hydrogens is 314 g/mol. The van der Waals surface area contributed by atoms with Crippen LogP contribution in [0.1, 0.15) is 30.9 Å². The maximum Gasteiger partial charge on any atom is 0.142 e. The summed E-state index contributed by atoms with van der Waals surface area (Å²) in [4.78, 5) is 12.3. The molecular formula is C17H16ClN3S. The van der Waals surface area contributed by atoms with Crippen molar-refractivity contribution in [1.29, 1.82) is 0 Å². The van der Waals surface area contributed by atoms with E-state index in [2.05, 4.69) is 45.2 Å². The highest BCUT2D eigenvalue weighted by molar-refractivity contribution is 7.17. The van der Waals surface area contributed by atoms with E-state index in [1.165, 1.54) is 18.4 Å². The summed E-state index contributed by atoms with van der Waals surface area (Å²) >= 11 is 7.97. The summed E-state index contributed by atoms with van der Waals surface area (Å²) in [6.45, 7) is 1.01. The van der Waals surface area contributed by atoms with Gasteiger partial charge in [0.05, 0.1) is 16.5 Å². The summed E-state index contributed by atoms with van der Waals surface area (Å²) < 4.78 is 0. The third-order valence-corrected chi connectivity index (χ3v) is 5.58. The molecule has 0 aliphatic carbocycles. The van der Waals surface area contributed by atoms with Gasteiger partial charge in [0.25, 0.3) is 0 Å². The quantitative estimate of drug-likeness (QED) is 0.656. The van der Waals surface area contributed by atoms with Crippen LogP contribution in [0.15, 0.2) is 42.0 Å². The molecule has 0 bridgehead atoms. The number of rotatable bonds is 2. The van der Waals surface area contributed by atoms with E-state index in [0.29, 0.717) is 6.04 Å². The second-order valence-corrected chi connectivity index (χ2v) is 6.84. The number of piperidine rings is 1. The predicted molar refractivity (Wildman–Crippen MR) is 92.8 cm³/mol. The molecule has 22 heavy (non-hydrogen) atoms. The number of hydrogen-bond donors (Lipinski definition) is 0. The minimum atomic E-state index is 0.365. The molecule has 0 amide bonds. The second-order valence-electron chi connectivity index (χ2n) is 5.58. The molecule has 0 N–H and O–H groups in total. The van der Waals surface area contributed by atoms with Crippen LogP contribution in [0.2, 0.25) is 5.02 Å². The summed E-state index contributed by atoms with van der Waals surface area (Å²) in [7, 11) is 0. The molecule has 5 heteroatoms. The van der Waals surface area contributed by atoms with Crippen molar-refractivity contribution < 1.29 is 0 Å². The zero-order chi connectivity index (χ0) is 14.9. The van der Waals surface area contributed by atoms with Crippen molar-refractivity contribution in [3.05, 3.63) is 52.6 Å². The topological polar surface area (TPSA) is 29.0 Å². The predicted octanol–water partition coefficient (Wildman–Crippen LogP) is 5.08. The summed E-state index contributed by atoms with van der Waals surface area (Å²) in [5, 5.41) is 3.70. The van der Waals surface area contributed by atoms with Gasteiger partial charge in [-0.2, -0.15) is 0 Å². The van der Waals surface area contributed by atoms with Crippen molar-refractivity contribution in [3.63, 3.8) is 0 Å². The van der Waals surface area contributed by atoms with E-state index in [1.54, 1.807) is 17.7 Å². The zero-order valence-corrected chi connectivity index (χ0v) is 13.6. The van der Waals surface area contributed by atoms with Crippen molar-refractivity contribution in [3.8, 4) is 0 Å². The smallest absolute Gasteiger partial charge is 0.142 e. The zero-order valence-electron chi connectivity index (χ0n) is 12.1. The van der Waals surface area contributed by atoms with Crippen molar-refractivity contribution in [2.75, 3.05) is 11.4 Å². The Bertz CT molecular complexity index is 787. The van der Waals surface area contributed by atoms with Crippen LogP contribution in [0.5, 0.6) is 0 Å². The van der Waals surface area contributed by atoms with E-state index in [4.69, 9.17) is 11.6 Å². The van der Waals surface area contributed by atoms with E-state index in [0.717, 1.165) is 34.0 Å². The van der Waals surface area contributed by atoms with E-state index in [1.807, 2.05) is 5.38 Å². The average Bonchev–Trinajstić information content (AvgIpc) is 2.97. The first-order valence-corrected chi connectivity index (χ1v) is 8.79. The molecule has 1 fully saturated rings. The summed E-state index contributed by atoms with van der Waals surface area (Å²) in [5.41, 5.74) is 1.35. The van der Waals surface area contributed by atoms with Crippen LogP contribution in [0, 0.1) is 0 Å². The van der Waals surface area contributed by atoms with Gasteiger partial charge in [-0.15, -0.1) is 11.3 Å². The minimum absolute atomic E-state index is 0.365. The van der Waals surface area contributed by atoms with Gasteiger partial charge in [-0.3, -0.25) is 0 Å². The van der Waals surface area contributed by atoms with E-state index in [-0.39, 0.29) is 0 Å². The summed E-state index contributed by atoms with van der Waals surface area (Å²) in [5.74, 6) is 0.977. The lowest BCUT2D eigenvalue weighted by Crippen LogP contribution is -2.34. The Balaban J connectivity index is 1.82. The van der Waals surface area contributed by atoms with Crippen LogP contribution in [0.3, 0.4) is 0 Å². The fourth-order valence-electron chi connectivity index (χ4n) is 3.25. The number of anilines is 1. The third kappa shape index (κ3) is 2.36. The number of halogens is 1. The number of nitrogens with zero attached hydrogens (tertiary/aromatic N) is 3. The van der Waals surface area contributed by atoms with Gasteiger partial charge in [0.2, 0.25) is 0 Å². The van der Waals surface area contributed by atoms with Crippen LogP contribution < -0.4 is 4.90 Å². The first kappa shape index (κ1) is 14.0. The molecule has 0 spiro atoms. The highest BCUT2D eigenvalue weighted by Crippen LogP contribution is 2.40. The highest BCUT2D eigenvalue weighted by Gasteiger charge is 2.27. The van der Waals surface area contributed by atoms with Crippen molar-refractivity contribution >= 4 is 39.0 Å². The maximum atomic E-state index is 6.39.